The quantitative estimate of drug-likeness (QED) is 0.742. The van der Waals surface area contributed by atoms with Gasteiger partial charge in [0, 0.05) is 26.5 Å². The fourth-order valence-corrected chi connectivity index (χ4v) is 4.21. The van der Waals surface area contributed by atoms with Crippen LogP contribution in [0.25, 0.3) is 10.1 Å². The van der Waals surface area contributed by atoms with Gasteiger partial charge in [0.1, 0.15) is 0 Å². The zero-order valence-corrected chi connectivity index (χ0v) is 13.0. The number of hydrogen-bond acceptors (Lipinski definition) is 2. The van der Waals surface area contributed by atoms with Crippen molar-refractivity contribution < 1.29 is 0 Å². The number of hydrogen-bond donors (Lipinski definition) is 1. The molecule has 1 heterocycles. The minimum absolute atomic E-state index is 0.712. The van der Waals surface area contributed by atoms with Gasteiger partial charge in [-0.1, -0.05) is 37.0 Å². The third-order valence-corrected chi connectivity index (χ3v) is 4.65. The van der Waals surface area contributed by atoms with Crippen molar-refractivity contribution >= 4 is 44.6 Å². The van der Waals surface area contributed by atoms with E-state index < -0.39 is 0 Å². The third-order valence-electron chi connectivity index (χ3n) is 2.96. The number of aryl methyl sites for hydroxylation is 1. The first-order chi connectivity index (χ1) is 8.67. The monoisotopic (exact) mass is 301 g/mol. The molecular formula is C14H17Cl2NS. The van der Waals surface area contributed by atoms with E-state index in [4.69, 9.17) is 23.2 Å². The summed E-state index contributed by atoms with van der Waals surface area (Å²) in [7, 11) is 0. The molecule has 1 aromatic carbocycles. The van der Waals surface area contributed by atoms with Crippen molar-refractivity contribution in [3.05, 3.63) is 32.6 Å². The zero-order valence-electron chi connectivity index (χ0n) is 10.6. The van der Waals surface area contributed by atoms with Crippen LogP contribution in [0.3, 0.4) is 0 Å². The molecule has 0 saturated carbocycles. The Morgan fingerprint density at radius 2 is 2.00 bits per heavy atom. The normalized spacial score (nSPS) is 11.3. The van der Waals surface area contributed by atoms with E-state index in [1.807, 2.05) is 12.1 Å². The van der Waals surface area contributed by atoms with E-state index in [9.17, 15) is 0 Å². The molecule has 0 unspecified atom stereocenters. The standard InChI is InChI=1S/C14H17Cl2NS/c1-3-5-17-8-13-10(4-2)14-11(16)6-9(15)7-12(14)18-13/h6-7,17H,3-5,8H2,1-2H3. The maximum Gasteiger partial charge on any atom is 0.0510 e. The molecule has 0 aliphatic heterocycles. The highest BCUT2D eigenvalue weighted by Gasteiger charge is 2.13. The molecule has 0 bridgehead atoms. The largest absolute Gasteiger partial charge is 0.312 e. The average molecular weight is 302 g/mol. The second kappa shape index (κ2) is 6.25. The van der Waals surface area contributed by atoms with Crippen molar-refractivity contribution in [2.45, 2.75) is 33.2 Å². The summed E-state index contributed by atoms with van der Waals surface area (Å²) in [5, 5.41) is 6.12. The topological polar surface area (TPSA) is 12.0 Å². The number of fused-ring (bicyclic) bond motifs is 1. The average Bonchev–Trinajstić information content (AvgIpc) is 2.67. The highest BCUT2D eigenvalue weighted by atomic mass is 35.5. The van der Waals surface area contributed by atoms with E-state index in [0.29, 0.717) is 5.02 Å². The first kappa shape index (κ1) is 14.1. The lowest BCUT2D eigenvalue weighted by atomic mass is 10.1. The maximum atomic E-state index is 6.32. The summed E-state index contributed by atoms with van der Waals surface area (Å²) in [4.78, 5) is 1.38. The van der Waals surface area contributed by atoms with Crippen LogP contribution in [0.15, 0.2) is 12.1 Å². The fourth-order valence-electron chi connectivity index (χ4n) is 2.15. The molecule has 1 aromatic heterocycles. The summed E-state index contributed by atoms with van der Waals surface area (Å²) in [5.41, 5.74) is 1.36. The lowest BCUT2D eigenvalue weighted by Crippen LogP contribution is -2.13. The molecule has 2 aromatic rings. The Kier molecular flexibility index (Phi) is 4.91. The van der Waals surface area contributed by atoms with Gasteiger partial charge in [-0.2, -0.15) is 0 Å². The predicted octanol–water partition coefficient (Wildman–Crippen LogP) is 5.27. The molecule has 0 amide bonds. The van der Waals surface area contributed by atoms with Gasteiger partial charge in [-0.3, -0.25) is 0 Å². The highest BCUT2D eigenvalue weighted by Crippen LogP contribution is 2.38. The van der Waals surface area contributed by atoms with Crippen LogP contribution in [0.4, 0.5) is 0 Å². The molecule has 0 radical (unpaired) electrons. The lowest BCUT2D eigenvalue weighted by molar-refractivity contribution is 0.679. The molecule has 98 valence electrons. The van der Waals surface area contributed by atoms with Crippen molar-refractivity contribution in [2.24, 2.45) is 0 Å². The van der Waals surface area contributed by atoms with Crippen LogP contribution in [0.2, 0.25) is 10.0 Å². The molecular weight excluding hydrogens is 285 g/mol. The van der Waals surface area contributed by atoms with E-state index in [0.717, 1.165) is 31.0 Å². The first-order valence-electron chi connectivity index (χ1n) is 6.27. The molecule has 18 heavy (non-hydrogen) atoms. The second-order valence-electron chi connectivity index (χ2n) is 4.29. The van der Waals surface area contributed by atoms with E-state index in [2.05, 4.69) is 19.2 Å². The van der Waals surface area contributed by atoms with Crippen LogP contribution in [0, 0.1) is 0 Å². The van der Waals surface area contributed by atoms with Gasteiger partial charge >= 0.3 is 0 Å². The first-order valence-corrected chi connectivity index (χ1v) is 7.84. The van der Waals surface area contributed by atoms with E-state index in [-0.39, 0.29) is 0 Å². The molecule has 0 aliphatic rings. The number of halogens is 2. The van der Waals surface area contributed by atoms with Crippen molar-refractivity contribution in [1.29, 1.82) is 0 Å². The molecule has 1 N–H and O–H groups in total. The summed E-state index contributed by atoms with van der Waals surface area (Å²) in [6.07, 6.45) is 2.16. The predicted molar refractivity (Wildman–Crippen MR) is 83.2 cm³/mol. The van der Waals surface area contributed by atoms with Gasteiger partial charge in [0.25, 0.3) is 0 Å². The maximum absolute atomic E-state index is 6.32. The van der Waals surface area contributed by atoms with Gasteiger partial charge in [-0.25, -0.2) is 0 Å². The highest BCUT2D eigenvalue weighted by molar-refractivity contribution is 7.19. The van der Waals surface area contributed by atoms with Gasteiger partial charge in [0.15, 0.2) is 0 Å². The Bertz CT molecular complexity index is 548. The minimum atomic E-state index is 0.712. The molecule has 0 aliphatic carbocycles. The summed E-state index contributed by atoms with van der Waals surface area (Å²) in [6, 6.07) is 3.84. The van der Waals surface area contributed by atoms with Gasteiger partial charge in [-0.05, 0) is 37.1 Å². The summed E-state index contributed by atoms with van der Waals surface area (Å²) in [5.74, 6) is 0. The molecule has 1 nitrogen and oxygen atoms in total. The number of benzene rings is 1. The van der Waals surface area contributed by atoms with Gasteiger partial charge in [0.05, 0.1) is 5.02 Å². The van der Waals surface area contributed by atoms with Crippen LogP contribution >= 0.6 is 34.5 Å². The fraction of sp³-hybridized carbons (Fsp3) is 0.429. The smallest absolute Gasteiger partial charge is 0.0510 e. The number of nitrogens with one attached hydrogen (secondary N) is 1. The Balaban J connectivity index is 2.44. The Morgan fingerprint density at radius 1 is 1.22 bits per heavy atom. The van der Waals surface area contributed by atoms with Crippen LogP contribution in [-0.2, 0) is 13.0 Å². The van der Waals surface area contributed by atoms with Crippen molar-refractivity contribution in [3.8, 4) is 0 Å². The van der Waals surface area contributed by atoms with E-state index in [1.54, 1.807) is 11.3 Å². The summed E-state index contributed by atoms with van der Waals surface area (Å²) < 4.78 is 1.19. The SMILES string of the molecule is CCCNCc1sc2cc(Cl)cc(Cl)c2c1CC. The van der Waals surface area contributed by atoms with Crippen LogP contribution in [-0.4, -0.2) is 6.54 Å². The lowest BCUT2D eigenvalue weighted by Gasteiger charge is -2.04. The van der Waals surface area contributed by atoms with E-state index >= 15 is 0 Å². The number of rotatable bonds is 5. The Morgan fingerprint density at radius 3 is 2.67 bits per heavy atom. The molecule has 4 heteroatoms. The van der Waals surface area contributed by atoms with Crippen LogP contribution < -0.4 is 5.32 Å². The summed E-state index contributed by atoms with van der Waals surface area (Å²) in [6.45, 7) is 6.32. The van der Waals surface area contributed by atoms with Crippen LogP contribution in [0.5, 0.6) is 0 Å². The zero-order chi connectivity index (χ0) is 13.1. The molecule has 0 spiro atoms. The van der Waals surface area contributed by atoms with Gasteiger partial charge in [0.2, 0.25) is 0 Å². The van der Waals surface area contributed by atoms with Crippen molar-refractivity contribution in [3.63, 3.8) is 0 Å². The van der Waals surface area contributed by atoms with Crippen LogP contribution in [0.1, 0.15) is 30.7 Å². The Labute approximate surface area is 122 Å². The van der Waals surface area contributed by atoms with Gasteiger partial charge in [-0.15, -0.1) is 11.3 Å². The van der Waals surface area contributed by atoms with Crippen molar-refractivity contribution in [1.82, 2.24) is 5.32 Å². The second-order valence-corrected chi connectivity index (χ2v) is 6.28. The Hall–Kier alpha value is -0.280. The molecule has 0 atom stereocenters. The number of thiophene rings is 1. The third kappa shape index (κ3) is 2.83. The molecule has 0 fully saturated rings. The summed E-state index contributed by atoms with van der Waals surface area (Å²) >= 11 is 14.2. The molecule has 0 saturated heterocycles. The molecule has 2 rings (SSSR count). The van der Waals surface area contributed by atoms with Crippen molar-refractivity contribution in [2.75, 3.05) is 6.54 Å². The van der Waals surface area contributed by atoms with Gasteiger partial charge < -0.3 is 5.32 Å². The van der Waals surface area contributed by atoms with E-state index in [1.165, 1.54) is 20.5 Å². The minimum Gasteiger partial charge on any atom is -0.312 e.